The summed E-state index contributed by atoms with van der Waals surface area (Å²) in [5.41, 5.74) is 4.89. The molecule has 2 amide bonds. The first-order valence-corrected chi connectivity index (χ1v) is 8.64. The minimum atomic E-state index is -0.537. The van der Waals surface area contributed by atoms with E-state index in [2.05, 4.69) is 10.9 Å². The maximum absolute atomic E-state index is 12.3. The summed E-state index contributed by atoms with van der Waals surface area (Å²) in [6.45, 7) is 0. The van der Waals surface area contributed by atoms with Gasteiger partial charge in [0.1, 0.15) is 4.88 Å². The van der Waals surface area contributed by atoms with Crippen LogP contribution in [0.2, 0.25) is 15.1 Å². The second-order valence-electron chi connectivity index (χ2n) is 4.81. The number of thiophene rings is 1. The van der Waals surface area contributed by atoms with E-state index in [1.807, 2.05) is 24.3 Å². The first kappa shape index (κ1) is 17.0. The Hall–Kier alpha value is -1.79. The average molecular weight is 400 g/mol. The summed E-state index contributed by atoms with van der Waals surface area (Å²) < 4.78 is 0.889. The summed E-state index contributed by atoms with van der Waals surface area (Å²) in [5, 5.41) is 1.80. The first-order valence-electron chi connectivity index (χ1n) is 6.69. The molecular weight excluding hydrogens is 391 g/mol. The third-order valence-electron chi connectivity index (χ3n) is 3.16. The number of fused-ring (bicyclic) bond motifs is 1. The molecule has 0 aliphatic carbocycles. The van der Waals surface area contributed by atoms with Gasteiger partial charge in [0, 0.05) is 25.7 Å². The molecule has 0 aliphatic rings. The standard InChI is InChI=1S/C16H9Cl3N2O2S/c17-9-5-8(6-10(18)7-9)15(22)20-21-16(23)14-13(19)11-3-1-2-4-12(11)24-14/h1-7H,(H,20,22)(H,21,23). The SMILES string of the molecule is O=C(NNC(=O)c1sc2ccccc2c1Cl)c1cc(Cl)cc(Cl)c1. The van der Waals surface area contributed by atoms with E-state index in [9.17, 15) is 9.59 Å². The summed E-state index contributed by atoms with van der Waals surface area (Å²) in [7, 11) is 0. The van der Waals surface area contributed by atoms with Gasteiger partial charge in [-0.3, -0.25) is 20.4 Å². The molecule has 122 valence electrons. The van der Waals surface area contributed by atoms with Crippen LogP contribution in [0.3, 0.4) is 0 Å². The molecule has 2 N–H and O–H groups in total. The molecule has 1 aromatic heterocycles. The Morgan fingerprint density at radius 2 is 1.50 bits per heavy atom. The highest BCUT2D eigenvalue weighted by Gasteiger charge is 2.17. The number of halogens is 3. The van der Waals surface area contributed by atoms with Crippen molar-refractivity contribution in [2.45, 2.75) is 0 Å². The normalized spacial score (nSPS) is 10.6. The minimum absolute atomic E-state index is 0.232. The van der Waals surface area contributed by atoms with Gasteiger partial charge in [0.2, 0.25) is 0 Å². The van der Waals surface area contributed by atoms with E-state index in [0.29, 0.717) is 19.9 Å². The molecule has 0 atom stereocenters. The monoisotopic (exact) mass is 398 g/mol. The van der Waals surface area contributed by atoms with Crippen molar-refractivity contribution in [3.63, 3.8) is 0 Å². The van der Waals surface area contributed by atoms with Crippen LogP contribution in [0.4, 0.5) is 0 Å². The quantitative estimate of drug-likeness (QED) is 0.600. The summed E-state index contributed by atoms with van der Waals surface area (Å²) >= 11 is 19.2. The Morgan fingerprint density at radius 3 is 2.17 bits per heavy atom. The van der Waals surface area contributed by atoms with Gasteiger partial charge in [-0.05, 0) is 24.3 Å². The maximum atomic E-state index is 12.3. The minimum Gasteiger partial charge on any atom is -0.267 e. The molecule has 24 heavy (non-hydrogen) atoms. The number of amides is 2. The summed E-state index contributed by atoms with van der Waals surface area (Å²) in [5.74, 6) is -1.03. The van der Waals surface area contributed by atoms with Crippen LogP contribution < -0.4 is 10.9 Å². The lowest BCUT2D eigenvalue weighted by atomic mass is 10.2. The van der Waals surface area contributed by atoms with Crippen molar-refractivity contribution in [1.82, 2.24) is 10.9 Å². The molecular formula is C16H9Cl3N2O2S. The lowest BCUT2D eigenvalue weighted by Gasteiger charge is -2.07. The summed E-state index contributed by atoms with van der Waals surface area (Å²) in [4.78, 5) is 24.6. The Balaban J connectivity index is 1.75. The molecule has 0 saturated carbocycles. The molecule has 8 heteroatoms. The summed E-state index contributed by atoms with van der Waals surface area (Å²) in [6, 6.07) is 11.8. The molecule has 0 unspecified atom stereocenters. The zero-order chi connectivity index (χ0) is 17.3. The van der Waals surface area contributed by atoms with Crippen molar-refractivity contribution in [1.29, 1.82) is 0 Å². The van der Waals surface area contributed by atoms with Gasteiger partial charge in [-0.1, -0.05) is 53.0 Å². The third kappa shape index (κ3) is 3.49. The Morgan fingerprint density at radius 1 is 0.875 bits per heavy atom. The smallest absolute Gasteiger partial charge is 0.267 e. The zero-order valence-corrected chi connectivity index (χ0v) is 15.0. The van der Waals surface area contributed by atoms with Gasteiger partial charge < -0.3 is 0 Å². The van der Waals surface area contributed by atoms with Crippen molar-refractivity contribution in [2.75, 3.05) is 0 Å². The molecule has 3 aromatic rings. The highest BCUT2D eigenvalue weighted by molar-refractivity contribution is 7.21. The fraction of sp³-hybridized carbons (Fsp3) is 0. The van der Waals surface area contributed by atoms with Gasteiger partial charge in [-0.15, -0.1) is 11.3 Å². The number of hydrogen-bond donors (Lipinski definition) is 2. The predicted octanol–water partition coefficient (Wildman–Crippen LogP) is 4.94. The van der Waals surface area contributed by atoms with Gasteiger partial charge in [0.25, 0.3) is 11.8 Å². The van der Waals surface area contributed by atoms with Crippen molar-refractivity contribution < 1.29 is 9.59 Å². The van der Waals surface area contributed by atoms with Crippen LogP contribution in [0.25, 0.3) is 10.1 Å². The molecule has 1 heterocycles. The van der Waals surface area contributed by atoms with E-state index < -0.39 is 11.8 Å². The van der Waals surface area contributed by atoms with Crippen LogP contribution in [0.1, 0.15) is 20.0 Å². The van der Waals surface area contributed by atoms with E-state index in [1.54, 1.807) is 0 Å². The van der Waals surface area contributed by atoms with E-state index in [1.165, 1.54) is 29.5 Å². The number of nitrogens with one attached hydrogen (secondary N) is 2. The molecule has 4 nitrogen and oxygen atoms in total. The second kappa shape index (κ2) is 6.99. The van der Waals surface area contributed by atoms with E-state index in [-0.39, 0.29) is 5.56 Å². The Bertz CT molecular complexity index is 935. The largest absolute Gasteiger partial charge is 0.281 e. The van der Waals surface area contributed by atoms with Crippen LogP contribution in [0, 0.1) is 0 Å². The lowest BCUT2D eigenvalue weighted by Crippen LogP contribution is -2.41. The zero-order valence-electron chi connectivity index (χ0n) is 11.9. The highest BCUT2D eigenvalue weighted by Crippen LogP contribution is 2.34. The van der Waals surface area contributed by atoms with E-state index in [4.69, 9.17) is 34.8 Å². The van der Waals surface area contributed by atoms with Gasteiger partial charge in [0.05, 0.1) is 5.02 Å². The number of carbonyl (C=O) groups excluding carboxylic acids is 2. The van der Waals surface area contributed by atoms with Crippen molar-refractivity contribution >= 4 is 68.0 Å². The van der Waals surface area contributed by atoms with Crippen LogP contribution in [0.5, 0.6) is 0 Å². The van der Waals surface area contributed by atoms with E-state index >= 15 is 0 Å². The fourth-order valence-electron chi connectivity index (χ4n) is 2.09. The highest BCUT2D eigenvalue weighted by atomic mass is 35.5. The molecule has 0 aliphatic heterocycles. The molecule has 0 saturated heterocycles. The average Bonchev–Trinajstić information content (AvgIpc) is 2.89. The van der Waals surface area contributed by atoms with Crippen LogP contribution in [-0.4, -0.2) is 11.8 Å². The van der Waals surface area contributed by atoms with E-state index in [0.717, 1.165) is 10.1 Å². The van der Waals surface area contributed by atoms with Gasteiger partial charge >= 0.3 is 0 Å². The topological polar surface area (TPSA) is 58.2 Å². The van der Waals surface area contributed by atoms with Gasteiger partial charge in [0.15, 0.2) is 0 Å². The third-order valence-corrected chi connectivity index (χ3v) is 5.27. The van der Waals surface area contributed by atoms with Gasteiger partial charge in [-0.2, -0.15) is 0 Å². The predicted molar refractivity (Wildman–Crippen MR) is 98.2 cm³/mol. The van der Waals surface area contributed by atoms with Crippen molar-refractivity contribution in [3.05, 3.63) is 68.0 Å². The summed E-state index contributed by atoms with van der Waals surface area (Å²) in [6.07, 6.45) is 0. The van der Waals surface area contributed by atoms with Crippen molar-refractivity contribution in [3.8, 4) is 0 Å². The Labute approximate surface area is 156 Å². The molecule has 2 aromatic carbocycles. The number of rotatable bonds is 2. The second-order valence-corrected chi connectivity index (χ2v) is 7.11. The van der Waals surface area contributed by atoms with Crippen molar-refractivity contribution in [2.24, 2.45) is 0 Å². The number of hydrogen-bond acceptors (Lipinski definition) is 3. The number of carbonyl (C=O) groups is 2. The van der Waals surface area contributed by atoms with Crippen LogP contribution in [0.15, 0.2) is 42.5 Å². The molecule has 0 bridgehead atoms. The molecule has 0 spiro atoms. The van der Waals surface area contributed by atoms with Crippen LogP contribution >= 0.6 is 46.1 Å². The van der Waals surface area contributed by atoms with Crippen LogP contribution in [-0.2, 0) is 0 Å². The number of benzene rings is 2. The van der Waals surface area contributed by atoms with Gasteiger partial charge in [-0.25, -0.2) is 0 Å². The first-order chi connectivity index (χ1) is 11.5. The molecule has 0 fully saturated rings. The lowest BCUT2D eigenvalue weighted by molar-refractivity contribution is 0.0849. The fourth-order valence-corrected chi connectivity index (χ4v) is 4.03. The Kier molecular flexibility index (Phi) is 4.96. The maximum Gasteiger partial charge on any atom is 0.281 e. The molecule has 0 radical (unpaired) electrons. The number of hydrazine groups is 1. The molecule has 3 rings (SSSR count).